The van der Waals surface area contributed by atoms with E-state index in [2.05, 4.69) is 10.2 Å². The molecule has 0 aromatic heterocycles. The molecule has 3 rings (SSSR count). The lowest BCUT2D eigenvalue weighted by molar-refractivity contribution is -0.137. The van der Waals surface area contributed by atoms with Gasteiger partial charge >= 0.3 is 6.18 Å². The van der Waals surface area contributed by atoms with E-state index < -0.39 is 17.6 Å². The van der Waals surface area contributed by atoms with Gasteiger partial charge in [0.05, 0.1) is 16.9 Å². The summed E-state index contributed by atoms with van der Waals surface area (Å²) in [6, 6.07) is 11.8. The lowest BCUT2D eigenvalue weighted by Crippen LogP contribution is -2.21. The van der Waals surface area contributed by atoms with E-state index >= 15 is 0 Å². The first kappa shape index (κ1) is 16.4. The van der Waals surface area contributed by atoms with E-state index in [1.165, 1.54) is 12.1 Å². The Morgan fingerprint density at radius 1 is 1.00 bits per heavy atom. The van der Waals surface area contributed by atoms with Crippen LogP contribution in [0.3, 0.4) is 0 Å². The molecule has 1 heterocycles. The highest BCUT2D eigenvalue weighted by Gasteiger charge is 2.31. The van der Waals surface area contributed by atoms with Crippen molar-refractivity contribution in [2.24, 2.45) is 0 Å². The molecular formula is C18H17F3N2O. The maximum Gasteiger partial charge on any atom is 0.416 e. The molecule has 1 saturated heterocycles. The molecule has 6 heteroatoms. The number of nitrogens with one attached hydrogen (secondary N) is 1. The normalized spacial score (nSPS) is 14.7. The van der Waals surface area contributed by atoms with Gasteiger partial charge in [0.1, 0.15) is 0 Å². The number of rotatable bonds is 3. The van der Waals surface area contributed by atoms with Gasteiger partial charge in [-0.1, -0.05) is 18.2 Å². The van der Waals surface area contributed by atoms with Crippen molar-refractivity contribution < 1.29 is 18.0 Å². The molecule has 0 unspecified atom stereocenters. The molecule has 2 aromatic rings. The molecule has 24 heavy (non-hydrogen) atoms. The van der Waals surface area contributed by atoms with E-state index in [1.54, 1.807) is 12.1 Å². The van der Waals surface area contributed by atoms with Crippen molar-refractivity contribution in [3.63, 3.8) is 0 Å². The van der Waals surface area contributed by atoms with Crippen LogP contribution in [0.5, 0.6) is 0 Å². The van der Waals surface area contributed by atoms with Crippen molar-refractivity contribution in [2.75, 3.05) is 23.3 Å². The average molecular weight is 334 g/mol. The van der Waals surface area contributed by atoms with E-state index in [-0.39, 0.29) is 5.56 Å². The zero-order chi connectivity index (χ0) is 17.2. The Hall–Kier alpha value is -2.50. The summed E-state index contributed by atoms with van der Waals surface area (Å²) in [6.07, 6.45) is -2.28. The molecule has 1 aliphatic rings. The van der Waals surface area contributed by atoms with Gasteiger partial charge in [-0.15, -0.1) is 0 Å². The molecule has 3 nitrogen and oxygen atoms in total. The van der Waals surface area contributed by atoms with Gasteiger partial charge in [-0.3, -0.25) is 4.79 Å². The third-order valence-corrected chi connectivity index (χ3v) is 4.05. The van der Waals surface area contributed by atoms with Crippen LogP contribution < -0.4 is 10.2 Å². The zero-order valence-electron chi connectivity index (χ0n) is 12.9. The molecule has 0 spiro atoms. The standard InChI is InChI=1S/C18H17F3N2O/c19-18(20,21)14-7-5-6-13(12-14)17(24)22-15-8-1-2-9-16(15)23-10-3-4-11-23/h1-2,5-9,12H,3-4,10-11H2,(H,22,24). The highest BCUT2D eigenvalue weighted by atomic mass is 19.4. The van der Waals surface area contributed by atoms with E-state index in [4.69, 9.17) is 0 Å². The topological polar surface area (TPSA) is 32.3 Å². The Labute approximate surface area is 138 Å². The number of nitrogens with zero attached hydrogens (tertiary/aromatic N) is 1. The minimum atomic E-state index is -4.47. The Balaban J connectivity index is 1.83. The summed E-state index contributed by atoms with van der Waals surface area (Å²) in [5.74, 6) is -0.548. The second kappa shape index (κ2) is 6.55. The SMILES string of the molecule is O=C(Nc1ccccc1N1CCCC1)c1cccc(C(F)(F)F)c1. The monoisotopic (exact) mass is 334 g/mol. The average Bonchev–Trinajstić information content (AvgIpc) is 3.09. The van der Waals surface area contributed by atoms with Gasteiger partial charge < -0.3 is 10.2 Å². The predicted molar refractivity (Wildman–Crippen MR) is 87.3 cm³/mol. The summed E-state index contributed by atoms with van der Waals surface area (Å²) in [4.78, 5) is 14.5. The molecule has 1 N–H and O–H groups in total. The summed E-state index contributed by atoms with van der Waals surface area (Å²) in [7, 11) is 0. The van der Waals surface area contributed by atoms with Crippen LogP contribution in [0.25, 0.3) is 0 Å². The van der Waals surface area contributed by atoms with Gasteiger partial charge in [0.2, 0.25) is 0 Å². The maximum absolute atomic E-state index is 12.8. The third-order valence-electron chi connectivity index (χ3n) is 4.05. The van der Waals surface area contributed by atoms with Crippen LogP contribution in [0.1, 0.15) is 28.8 Å². The Kier molecular flexibility index (Phi) is 4.46. The molecule has 0 aliphatic carbocycles. The van der Waals surface area contributed by atoms with Gasteiger partial charge in [0.25, 0.3) is 5.91 Å². The number of hydrogen-bond acceptors (Lipinski definition) is 2. The number of anilines is 2. The van der Waals surface area contributed by atoms with Crippen LogP contribution in [0, 0.1) is 0 Å². The molecule has 1 amide bonds. The largest absolute Gasteiger partial charge is 0.416 e. The number of carbonyl (C=O) groups is 1. The highest BCUT2D eigenvalue weighted by Crippen LogP contribution is 2.31. The van der Waals surface area contributed by atoms with Crippen LogP contribution in [0.2, 0.25) is 0 Å². The van der Waals surface area contributed by atoms with E-state index in [0.29, 0.717) is 5.69 Å². The summed E-state index contributed by atoms with van der Waals surface area (Å²) in [5.41, 5.74) is 0.668. The van der Waals surface area contributed by atoms with Crippen molar-refractivity contribution in [2.45, 2.75) is 19.0 Å². The molecular weight excluding hydrogens is 317 g/mol. The second-order valence-electron chi connectivity index (χ2n) is 5.74. The van der Waals surface area contributed by atoms with Gasteiger partial charge in [0.15, 0.2) is 0 Å². The van der Waals surface area contributed by atoms with Crippen LogP contribution in [-0.2, 0) is 6.18 Å². The van der Waals surface area contributed by atoms with Gasteiger partial charge in [-0.05, 0) is 43.2 Å². The third kappa shape index (κ3) is 3.53. The number of alkyl halides is 3. The van der Waals surface area contributed by atoms with Crippen LogP contribution >= 0.6 is 0 Å². The van der Waals surface area contributed by atoms with Crippen molar-refractivity contribution in [1.82, 2.24) is 0 Å². The van der Waals surface area contributed by atoms with Gasteiger partial charge in [-0.25, -0.2) is 0 Å². The lowest BCUT2D eigenvalue weighted by atomic mass is 10.1. The molecule has 126 valence electrons. The predicted octanol–water partition coefficient (Wildman–Crippen LogP) is 4.56. The van der Waals surface area contributed by atoms with Crippen molar-refractivity contribution >= 4 is 17.3 Å². The fourth-order valence-electron chi connectivity index (χ4n) is 2.84. The minimum Gasteiger partial charge on any atom is -0.370 e. The number of para-hydroxylation sites is 2. The summed E-state index contributed by atoms with van der Waals surface area (Å²) >= 11 is 0. The van der Waals surface area contributed by atoms with Crippen LogP contribution in [0.4, 0.5) is 24.5 Å². The number of amides is 1. The van der Waals surface area contributed by atoms with E-state index in [0.717, 1.165) is 43.8 Å². The molecule has 0 atom stereocenters. The fraction of sp³-hybridized carbons (Fsp3) is 0.278. The molecule has 0 radical (unpaired) electrons. The first-order valence-corrected chi connectivity index (χ1v) is 7.78. The number of carbonyl (C=O) groups excluding carboxylic acids is 1. The first-order valence-electron chi connectivity index (χ1n) is 7.78. The summed E-state index contributed by atoms with van der Waals surface area (Å²) in [6.45, 7) is 1.83. The zero-order valence-corrected chi connectivity index (χ0v) is 12.9. The Morgan fingerprint density at radius 2 is 1.71 bits per heavy atom. The van der Waals surface area contributed by atoms with Crippen molar-refractivity contribution in [3.8, 4) is 0 Å². The van der Waals surface area contributed by atoms with Crippen molar-refractivity contribution in [1.29, 1.82) is 0 Å². The van der Waals surface area contributed by atoms with Gasteiger partial charge in [0, 0.05) is 18.7 Å². The van der Waals surface area contributed by atoms with E-state index in [9.17, 15) is 18.0 Å². The Morgan fingerprint density at radius 3 is 2.42 bits per heavy atom. The summed E-state index contributed by atoms with van der Waals surface area (Å²) in [5, 5.41) is 2.73. The molecule has 0 saturated carbocycles. The number of hydrogen-bond donors (Lipinski definition) is 1. The van der Waals surface area contributed by atoms with Crippen LogP contribution in [0.15, 0.2) is 48.5 Å². The number of benzene rings is 2. The minimum absolute atomic E-state index is 0.0129. The maximum atomic E-state index is 12.8. The molecule has 1 aliphatic heterocycles. The molecule has 1 fully saturated rings. The highest BCUT2D eigenvalue weighted by molar-refractivity contribution is 6.06. The number of halogens is 3. The second-order valence-corrected chi connectivity index (χ2v) is 5.74. The smallest absolute Gasteiger partial charge is 0.370 e. The Bertz CT molecular complexity index is 737. The summed E-state index contributed by atoms with van der Waals surface area (Å²) < 4.78 is 38.4. The quantitative estimate of drug-likeness (QED) is 0.892. The lowest BCUT2D eigenvalue weighted by Gasteiger charge is -2.21. The van der Waals surface area contributed by atoms with Crippen molar-refractivity contribution in [3.05, 3.63) is 59.7 Å². The molecule has 2 aromatic carbocycles. The first-order chi connectivity index (χ1) is 11.4. The van der Waals surface area contributed by atoms with E-state index in [1.807, 2.05) is 12.1 Å². The van der Waals surface area contributed by atoms with Gasteiger partial charge in [-0.2, -0.15) is 13.2 Å². The van der Waals surface area contributed by atoms with Crippen LogP contribution in [-0.4, -0.2) is 19.0 Å². The molecule has 0 bridgehead atoms. The fourth-order valence-corrected chi connectivity index (χ4v) is 2.84.